The predicted octanol–water partition coefficient (Wildman–Crippen LogP) is 2.98. The van der Waals surface area contributed by atoms with Gasteiger partial charge in [-0.05, 0) is 26.0 Å². The lowest BCUT2D eigenvalue weighted by molar-refractivity contribution is -0.385. The molecule has 1 saturated heterocycles. The second-order valence-electron chi connectivity index (χ2n) is 6.91. The zero-order valence-electron chi connectivity index (χ0n) is 16.4. The number of nitrogens with zero attached hydrogens (tertiary/aromatic N) is 3. The van der Waals surface area contributed by atoms with Crippen molar-refractivity contribution in [1.29, 1.82) is 0 Å². The molecule has 0 spiro atoms. The lowest BCUT2D eigenvalue weighted by Crippen LogP contribution is -2.48. The molecule has 9 nitrogen and oxygen atoms in total. The topological polar surface area (TPSA) is 114 Å². The number of halogens is 1. The summed E-state index contributed by atoms with van der Waals surface area (Å²) in [7, 11) is -4.08. The van der Waals surface area contributed by atoms with E-state index in [2.05, 4.69) is 10.5 Å². The summed E-state index contributed by atoms with van der Waals surface area (Å²) >= 11 is 0. The van der Waals surface area contributed by atoms with Gasteiger partial charge < -0.3 is 4.74 Å². The summed E-state index contributed by atoms with van der Waals surface area (Å²) in [5, 5.41) is 15.1. The van der Waals surface area contributed by atoms with E-state index in [1.165, 1.54) is 40.9 Å². The van der Waals surface area contributed by atoms with Crippen LogP contribution in [0.2, 0.25) is 0 Å². The van der Waals surface area contributed by atoms with Crippen molar-refractivity contribution in [3.05, 3.63) is 64.0 Å². The number of hydrogen-bond acceptors (Lipinski definition) is 7. The minimum atomic E-state index is -4.08. The van der Waals surface area contributed by atoms with Crippen molar-refractivity contribution in [1.82, 2.24) is 4.31 Å². The summed E-state index contributed by atoms with van der Waals surface area (Å²) in [4.78, 5) is 10.2. The molecule has 2 aromatic carbocycles. The average Bonchev–Trinajstić information content (AvgIpc) is 2.68. The Bertz CT molecular complexity index is 1070. The average molecular weight is 436 g/mol. The maximum absolute atomic E-state index is 13.7. The lowest BCUT2D eigenvalue weighted by atomic mass is 10.2. The number of nitrogens with one attached hydrogen (secondary N) is 1. The molecular formula is C19H21FN4O5S. The molecular weight excluding hydrogens is 415 g/mol. The highest BCUT2D eigenvalue weighted by Crippen LogP contribution is 2.30. The van der Waals surface area contributed by atoms with Gasteiger partial charge in [0.25, 0.3) is 5.69 Å². The molecule has 11 heteroatoms. The van der Waals surface area contributed by atoms with Crippen LogP contribution in [0.25, 0.3) is 0 Å². The molecule has 1 fully saturated rings. The maximum atomic E-state index is 13.7. The Morgan fingerprint density at radius 1 is 1.23 bits per heavy atom. The number of non-ortho nitro benzene ring substituents is 1. The number of rotatable bonds is 6. The first kappa shape index (κ1) is 21.8. The lowest BCUT2D eigenvalue weighted by Gasteiger charge is -2.34. The highest BCUT2D eigenvalue weighted by molar-refractivity contribution is 7.89. The van der Waals surface area contributed by atoms with Gasteiger partial charge in [0.15, 0.2) is 0 Å². The molecule has 0 saturated carbocycles. The van der Waals surface area contributed by atoms with Crippen molar-refractivity contribution in [3.63, 3.8) is 0 Å². The van der Waals surface area contributed by atoms with E-state index < -0.39 is 20.8 Å². The third-order valence-electron chi connectivity index (χ3n) is 4.47. The number of benzene rings is 2. The Morgan fingerprint density at radius 2 is 1.90 bits per heavy atom. The summed E-state index contributed by atoms with van der Waals surface area (Å²) in [5.41, 5.74) is 2.44. The van der Waals surface area contributed by atoms with Gasteiger partial charge in [0, 0.05) is 30.8 Å². The van der Waals surface area contributed by atoms with Crippen LogP contribution >= 0.6 is 0 Å². The number of nitro groups is 1. The number of nitro benzene ring substituents is 1. The summed E-state index contributed by atoms with van der Waals surface area (Å²) in [6.45, 7) is 3.74. The number of sulfonamides is 1. The van der Waals surface area contributed by atoms with Crippen molar-refractivity contribution in [2.75, 3.05) is 18.5 Å². The molecule has 0 radical (unpaired) electrons. The third kappa shape index (κ3) is 4.81. The Hall–Kier alpha value is -2.89. The Kier molecular flexibility index (Phi) is 6.44. The van der Waals surface area contributed by atoms with Gasteiger partial charge in [-0.15, -0.1) is 0 Å². The maximum Gasteiger partial charge on any atom is 0.270 e. The molecule has 1 N–H and O–H groups in total. The molecule has 1 aliphatic rings. The van der Waals surface area contributed by atoms with Crippen LogP contribution < -0.4 is 5.43 Å². The first-order valence-corrected chi connectivity index (χ1v) is 10.6. The molecule has 3 rings (SSSR count). The van der Waals surface area contributed by atoms with Crippen molar-refractivity contribution < 1.29 is 22.5 Å². The monoisotopic (exact) mass is 436 g/mol. The number of morpholine rings is 1. The van der Waals surface area contributed by atoms with Gasteiger partial charge >= 0.3 is 0 Å². The number of ether oxygens (including phenoxy) is 1. The number of hydrazone groups is 1. The normalized spacial score (nSPS) is 20.4. The van der Waals surface area contributed by atoms with Crippen LogP contribution in [0.3, 0.4) is 0 Å². The standard InChI is InChI=1S/C19H21FN4O5S/c1-13-11-23(12-14(2)29-13)30(27,28)19-9-16(24(25)26)7-8-18(19)22-21-10-15-5-3-4-6-17(15)20/h3-10,13-14,22H,11-12H2,1-2H3. The van der Waals surface area contributed by atoms with E-state index in [-0.39, 0.29) is 47.1 Å². The van der Waals surface area contributed by atoms with Crippen molar-refractivity contribution in [2.24, 2.45) is 5.10 Å². The quantitative estimate of drug-likeness (QED) is 0.423. The molecule has 0 amide bonds. The van der Waals surface area contributed by atoms with E-state index in [1.807, 2.05) is 0 Å². The van der Waals surface area contributed by atoms with Gasteiger partial charge in [0.1, 0.15) is 10.7 Å². The van der Waals surface area contributed by atoms with Gasteiger partial charge in [-0.2, -0.15) is 9.41 Å². The SMILES string of the molecule is CC1CN(S(=O)(=O)c2cc([N+](=O)[O-])ccc2NN=Cc2ccccc2F)CC(C)O1. The molecule has 30 heavy (non-hydrogen) atoms. The van der Waals surface area contributed by atoms with E-state index in [4.69, 9.17) is 4.74 Å². The van der Waals surface area contributed by atoms with E-state index >= 15 is 0 Å². The summed E-state index contributed by atoms with van der Waals surface area (Å²) in [6, 6.07) is 9.36. The fraction of sp³-hybridized carbons (Fsp3) is 0.316. The minimum absolute atomic E-state index is 0.0417. The number of hydrogen-bond donors (Lipinski definition) is 1. The van der Waals surface area contributed by atoms with Crippen LogP contribution in [0.4, 0.5) is 15.8 Å². The highest BCUT2D eigenvalue weighted by Gasteiger charge is 2.34. The van der Waals surface area contributed by atoms with Gasteiger partial charge in [0.2, 0.25) is 10.0 Å². The van der Waals surface area contributed by atoms with E-state index in [1.54, 1.807) is 19.9 Å². The fourth-order valence-corrected chi connectivity index (χ4v) is 4.90. The molecule has 1 aliphatic heterocycles. The minimum Gasteiger partial charge on any atom is -0.373 e. The van der Waals surface area contributed by atoms with Gasteiger partial charge in [-0.1, -0.05) is 18.2 Å². The molecule has 2 aromatic rings. The molecule has 160 valence electrons. The van der Waals surface area contributed by atoms with Crippen molar-refractivity contribution >= 4 is 27.6 Å². The highest BCUT2D eigenvalue weighted by atomic mass is 32.2. The Morgan fingerprint density at radius 3 is 2.53 bits per heavy atom. The van der Waals surface area contributed by atoms with Gasteiger partial charge in [-0.25, -0.2) is 12.8 Å². The van der Waals surface area contributed by atoms with E-state index in [9.17, 15) is 22.9 Å². The second-order valence-corrected chi connectivity index (χ2v) is 8.81. The summed E-state index contributed by atoms with van der Waals surface area (Å²) in [6.07, 6.45) is 0.557. The smallest absolute Gasteiger partial charge is 0.270 e. The van der Waals surface area contributed by atoms with Crippen LogP contribution in [-0.4, -0.2) is 49.2 Å². The first-order valence-electron chi connectivity index (χ1n) is 9.16. The molecule has 2 unspecified atom stereocenters. The molecule has 2 atom stereocenters. The largest absolute Gasteiger partial charge is 0.373 e. The third-order valence-corrected chi connectivity index (χ3v) is 6.35. The van der Waals surface area contributed by atoms with Crippen LogP contribution in [0.15, 0.2) is 52.5 Å². The molecule has 0 aromatic heterocycles. The summed E-state index contributed by atoms with van der Waals surface area (Å²) in [5.74, 6) is -0.490. The van der Waals surface area contributed by atoms with Crippen molar-refractivity contribution in [2.45, 2.75) is 31.0 Å². The van der Waals surface area contributed by atoms with E-state index in [0.717, 1.165) is 6.07 Å². The van der Waals surface area contributed by atoms with Gasteiger partial charge in [-0.3, -0.25) is 15.5 Å². The molecule has 1 heterocycles. The zero-order chi connectivity index (χ0) is 21.9. The Labute approximate surface area is 173 Å². The molecule has 0 aliphatic carbocycles. The Balaban J connectivity index is 1.96. The van der Waals surface area contributed by atoms with Gasteiger partial charge in [0.05, 0.1) is 29.0 Å². The fourth-order valence-electron chi connectivity index (χ4n) is 3.15. The van der Waals surface area contributed by atoms with Crippen molar-refractivity contribution in [3.8, 4) is 0 Å². The first-order chi connectivity index (χ1) is 14.2. The number of anilines is 1. The van der Waals surface area contributed by atoms with Crippen LogP contribution in [0.5, 0.6) is 0 Å². The predicted molar refractivity (Wildman–Crippen MR) is 109 cm³/mol. The van der Waals surface area contributed by atoms with Crippen LogP contribution in [0.1, 0.15) is 19.4 Å². The van der Waals surface area contributed by atoms with E-state index in [0.29, 0.717) is 0 Å². The summed E-state index contributed by atoms with van der Waals surface area (Å²) < 4.78 is 47.1. The second kappa shape index (κ2) is 8.86. The molecule has 0 bridgehead atoms. The van der Waals surface area contributed by atoms with Crippen LogP contribution in [-0.2, 0) is 14.8 Å². The van der Waals surface area contributed by atoms with Crippen LogP contribution in [0, 0.1) is 15.9 Å². The zero-order valence-corrected chi connectivity index (χ0v) is 17.2.